The van der Waals surface area contributed by atoms with Crippen LogP contribution in [0.15, 0.2) is 12.2 Å². The van der Waals surface area contributed by atoms with Gasteiger partial charge in [0.25, 0.3) is 0 Å². The minimum Gasteiger partial charge on any atom is -0.313 e. The molecule has 0 bridgehead atoms. The molecule has 1 aromatic rings. The normalized spacial score (nSPS) is 12.6. The Morgan fingerprint density at radius 1 is 1.00 bits per heavy atom. The van der Waals surface area contributed by atoms with Gasteiger partial charge in [-0.05, 0) is 26.8 Å². The molecule has 1 atom stereocenters. The number of nitrogens with one attached hydrogen (secondary N) is 1. The molecule has 0 fully saturated rings. The Labute approximate surface area is 108 Å². The number of rotatable bonds is 5. The van der Waals surface area contributed by atoms with Crippen LogP contribution in [0.5, 0.6) is 0 Å². The fourth-order valence-corrected chi connectivity index (χ4v) is 1.75. The van der Waals surface area contributed by atoms with E-state index in [1.807, 2.05) is 0 Å². The Morgan fingerprint density at radius 3 is 1.79 bits per heavy atom. The standard InChI is InChI=1S/C13H14F5N/c1-6(2)4-5-7(19-3)8-9(14)11(16)13(18)12(17)10(8)15/h7,19H,1,4-5H2,2-3H3. The highest BCUT2D eigenvalue weighted by Crippen LogP contribution is 2.30. The van der Waals surface area contributed by atoms with Crippen molar-refractivity contribution in [2.75, 3.05) is 7.05 Å². The molecule has 1 aromatic carbocycles. The van der Waals surface area contributed by atoms with Crippen LogP contribution in [-0.4, -0.2) is 7.05 Å². The molecule has 0 saturated heterocycles. The van der Waals surface area contributed by atoms with Gasteiger partial charge >= 0.3 is 0 Å². The van der Waals surface area contributed by atoms with Crippen LogP contribution in [0.3, 0.4) is 0 Å². The summed E-state index contributed by atoms with van der Waals surface area (Å²) in [6.45, 7) is 5.34. The van der Waals surface area contributed by atoms with E-state index in [2.05, 4.69) is 11.9 Å². The second-order valence-corrected chi connectivity index (χ2v) is 4.32. The third-order valence-electron chi connectivity index (χ3n) is 2.80. The Balaban J connectivity index is 3.27. The molecule has 0 amide bonds. The summed E-state index contributed by atoms with van der Waals surface area (Å²) >= 11 is 0. The zero-order valence-electron chi connectivity index (χ0n) is 10.6. The number of hydrogen-bond donors (Lipinski definition) is 1. The van der Waals surface area contributed by atoms with Crippen LogP contribution < -0.4 is 5.32 Å². The summed E-state index contributed by atoms with van der Waals surface area (Å²) in [5.74, 6) is -9.59. The van der Waals surface area contributed by atoms with E-state index in [1.165, 1.54) is 7.05 Å². The summed E-state index contributed by atoms with van der Waals surface area (Å²) in [5, 5.41) is 2.55. The van der Waals surface area contributed by atoms with Gasteiger partial charge in [0.05, 0.1) is 0 Å². The van der Waals surface area contributed by atoms with Gasteiger partial charge in [-0.15, -0.1) is 6.58 Å². The fraction of sp³-hybridized carbons (Fsp3) is 0.385. The van der Waals surface area contributed by atoms with Crippen molar-refractivity contribution in [2.24, 2.45) is 0 Å². The van der Waals surface area contributed by atoms with E-state index in [4.69, 9.17) is 0 Å². The topological polar surface area (TPSA) is 12.0 Å². The molecule has 0 aromatic heterocycles. The molecule has 1 N–H and O–H groups in total. The second kappa shape index (κ2) is 6.14. The number of halogens is 5. The predicted octanol–water partition coefficient (Wildman–Crippen LogP) is 4.00. The fourth-order valence-electron chi connectivity index (χ4n) is 1.75. The Hall–Kier alpha value is -1.43. The van der Waals surface area contributed by atoms with Crippen molar-refractivity contribution in [3.63, 3.8) is 0 Å². The molecule has 19 heavy (non-hydrogen) atoms. The third-order valence-corrected chi connectivity index (χ3v) is 2.80. The van der Waals surface area contributed by atoms with Crippen molar-refractivity contribution in [1.29, 1.82) is 0 Å². The van der Waals surface area contributed by atoms with E-state index in [1.54, 1.807) is 6.92 Å². The summed E-state index contributed by atoms with van der Waals surface area (Å²) in [5.41, 5.74) is -0.0794. The van der Waals surface area contributed by atoms with E-state index in [0.717, 1.165) is 5.57 Å². The molecule has 0 aliphatic heterocycles. The maximum atomic E-state index is 13.6. The van der Waals surface area contributed by atoms with E-state index in [-0.39, 0.29) is 6.42 Å². The quantitative estimate of drug-likeness (QED) is 0.372. The van der Waals surface area contributed by atoms with Gasteiger partial charge in [0.1, 0.15) is 0 Å². The molecule has 0 spiro atoms. The molecule has 0 radical (unpaired) electrons. The van der Waals surface area contributed by atoms with Crippen LogP contribution in [0.2, 0.25) is 0 Å². The van der Waals surface area contributed by atoms with Crippen molar-refractivity contribution in [1.82, 2.24) is 5.32 Å². The zero-order valence-corrected chi connectivity index (χ0v) is 10.6. The molecule has 1 rings (SSSR count). The highest BCUT2D eigenvalue weighted by Gasteiger charge is 2.29. The van der Waals surface area contributed by atoms with Crippen LogP contribution in [0.25, 0.3) is 0 Å². The summed E-state index contributed by atoms with van der Waals surface area (Å²) in [6, 6.07) is -0.971. The lowest BCUT2D eigenvalue weighted by atomic mass is 9.98. The Morgan fingerprint density at radius 2 is 1.42 bits per heavy atom. The average Bonchev–Trinajstić information content (AvgIpc) is 2.37. The Bertz CT molecular complexity index is 469. The van der Waals surface area contributed by atoms with Crippen LogP contribution in [0.4, 0.5) is 22.0 Å². The van der Waals surface area contributed by atoms with Gasteiger partial charge in [-0.3, -0.25) is 0 Å². The van der Waals surface area contributed by atoms with Gasteiger partial charge in [0.2, 0.25) is 5.82 Å². The lowest BCUT2D eigenvalue weighted by Crippen LogP contribution is -2.21. The molecule has 106 valence electrons. The predicted molar refractivity (Wildman–Crippen MR) is 62.1 cm³/mol. The van der Waals surface area contributed by atoms with Gasteiger partial charge in [-0.25, -0.2) is 22.0 Å². The van der Waals surface area contributed by atoms with Crippen LogP contribution in [0, 0.1) is 29.1 Å². The van der Waals surface area contributed by atoms with Crippen molar-refractivity contribution >= 4 is 0 Å². The molecule has 0 aliphatic rings. The molecule has 6 heteroatoms. The largest absolute Gasteiger partial charge is 0.313 e. The number of allylic oxidation sites excluding steroid dienone is 1. The summed E-state index contributed by atoms with van der Waals surface area (Å²) in [7, 11) is 1.39. The Kier molecular flexibility index (Phi) is 5.05. The van der Waals surface area contributed by atoms with E-state index < -0.39 is 40.7 Å². The zero-order chi connectivity index (χ0) is 14.7. The maximum Gasteiger partial charge on any atom is 0.200 e. The molecular formula is C13H14F5N. The number of benzene rings is 1. The first-order valence-corrected chi connectivity index (χ1v) is 5.64. The van der Waals surface area contributed by atoms with E-state index in [9.17, 15) is 22.0 Å². The smallest absolute Gasteiger partial charge is 0.200 e. The molecule has 1 nitrogen and oxygen atoms in total. The monoisotopic (exact) mass is 279 g/mol. The van der Waals surface area contributed by atoms with Gasteiger partial charge in [0.15, 0.2) is 23.3 Å². The van der Waals surface area contributed by atoms with Crippen molar-refractivity contribution < 1.29 is 22.0 Å². The molecule has 0 saturated carbocycles. The van der Waals surface area contributed by atoms with E-state index >= 15 is 0 Å². The van der Waals surface area contributed by atoms with Gasteiger partial charge in [-0.2, -0.15) is 0 Å². The maximum absolute atomic E-state index is 13.6. The first kappa shape index (κ1) is 15.6. The summed E-state index contributed by atoms with van der Waals surface area (Å²) < 4.78 is 66.3. The lowest BCUT2D eigenvalue weighted by molar-refractivity contribution is 0.355. The first-order chi connectivity index (χ1) is 8.81. The van der Waals surface area contributed by atoms with Gasteiger partial charge in [0, 0.05) is 11.6 Å². The molecule has 0 heterocycles. The lowest BCUT2D eigenvalue weighted by Gasteiger charge is -2.19. The molecule has 0 aliphatic carbocycles. The first-order valence-electron chi connectivity index (χ1n) is 5.64. The molecular weight excluding hydrogens is 265 g/mol. The van der Waals surface area contributed by atoms with Crippen molar-refractivity contribution in [2.45, 2.75) is 25.8 Å². The van der Waals surface area contributed by atoms with Crippen LogP contribution >= 0.6 is 0 Å². The average molecular weight is 279 g/mol. The van der Waals surface area contributed by atoms with Crippen LogP contribution in [-0.2, 0) is 0 Å². The number of hydrogen-bond acceptors (Lipinski definition) is 1. The third kappa shape index (κ3) is 3.12. The van der Waals surface area contributed by atoms with Gasteiger partial charge < -0.3 is 5.32 Å². The van der Waals surface area contributed by atoms with E-state index in [0.29, 0.717) is 6.42 Å². The summed E-state index contributed by atoms with van der Waals surface area (Å²) in [4.78, 5) is 0. The molecule has 1 unspecified atom stereocenters. The van der Waals surface area contributed by atoms with Crippen molar-refractivity contribution in [3.8, 4) is 0 Å². The summed E-state index contributed by atoms with van der Waals surface area (Å²) in [6.07, 6.45) is 0.592. The second-order valence-electron chi connectivity index (χ2n) is 4.32. The SMILES string of the molecule is C=C(C)CCC(NC)c1c(F)c(F)c(F)c(F)c1F. The highest BCUT2D eigenvalue weighted by atomic mass is 19.2. The highest BCUT2D eigenvalue weighted by molar-refractivity contribution is 5.27. The van der Waals surface area contributed by atoms with Crippen molar-refractivity contribution in [3.05, 3.63) is 46.8 Å². The minimum atomic E-state index is -2.14. The van der Waals surface area contributed by atoms with Crippen LogP contribution in [0.1, 0.15) is 31.4 Å². The minimum absolute atomic E-state index is 0.185. The van der Waals surface area contributed by atoms with Gasteiger partial charge in [-0.1, -0.05) is 5.57 Å².